The number of aromatic nitrogens is 3. The molecular weight excluding hydrogens is 330 g/mol. The Bertz CT molecular complexity index is 826. The summed E-state index contributed by atoms with van der Waals surface area (Å²) in [5.41, 5.74) is 2.67. The van der Waals surface area contributed by atoms with E-state index in [2.05, 4.69) is 34.3 Å². The smallest absolute Gasteiger partial charge is 0.135 e. The van der Waals surface area contributed by atoms with Gasteiger partial charge in [0.15, 0.2) is 0 Å². The lowest BCUT2D eigenvalue weighted by Gasteiger charge is -2.06. The molecule has 2 aromatic heterocycles. The topological polar surface area (TPSA) is 53.6 Å². The van der Waals surface area contributed by atoms with Crippen molar-refractivity contribution in [2.75, 3.05) is 0 Å². The number of rotatable bonds is 6. The van der Waals surface area contributed by atoms with E-state index in [1.165, 1.54) is 12.1 Å². The third-order valence-corrected chi connectivity index (χ3v) is 4.80. The Morgan fingerprint density at radius 2 is 2.08 bits per heavy atom. The molecule has 0 unspecified atom stereocenters. The Labute approximate surface area is 143 Å². The standard InChI is InChI=1S/C17H18F2N4S/c1-10(2)17-22-13(9-24-17)8-20-6-11-7-21-23-16(11)14-4-3-12(18)5-15(14)19/h3-5,7,9-10,20H,6,8H2,1-2H3,(H,21,23). The van der Waals surface area contributed by atoms with Gasteiger partial charge in [-0.15, -0.1) is 11.3 Å². The first kappa shape index (κ1) is 16.7. The Balaban J connectivity index is 1.67. The lowest BCUT2D eigenvalue weighted by atomic mass is 10.1. The van der Waals surface area contributed by atoms with Crippen LogP contribution in [-0.2, 0) is 13.1 Å². The SMILES string of the molecule is CC(C)c1nc(CNCc2cn[nH]c2-c2ccc(F)cc2F)cs1. The van der Waals surface area contributed by atoms with Crippen LogP contribution in [0.15, 0.2) is 29.8 Å². The molecule has 0 aliphatic carbocycles. The van der Waals surface area contributed by atoms with Crippen molar-refractivity contribution in [3.63, 3.8) is 0 Å². The van der Waals surface area contributed by atoms with Crippen molar-refractivity contribution in [2.24, 2.45) is 0 Å². The summed E-state index contributed by atoms with van der Waals surface area (Å²) in [6, 6.07) is 3.52. The van der Waals surface area contributed by atoms with Crippen LogP contribution in [-0.4, -0.2) is 15.2 Å². The van der Waals surface area contributed by atoms with Gasteiger partial charge in [-0.3, -0.25) is 5.10 Å². The van der Waals surface area contributed by atoms with Crippen molar-refractivity contribution in [1.82, 2.24) is 20.5 Å². The molecule has 2 N–H and O–H groups in total. The molecule has 1 aromatic carbocycles. The molecule has 0 spiro atoms. The highest BCUT2D eigenvalue weighted by Crippen LogP contribution is 2.25. The number of nitrogens with zero attached hydrogens (tertiary/aromatic N) is 2. The molecular formula is C17H18F2N4S. The number of aromatic amines is 1. The molecule has 2 heterocycles. The number of hydrogen-bond donors (Lipinski definition) is 2. The highest BCUT2D eigenvalue weighted by atomic mass is 32.1. The average molecular weight is 348 g/mol. The summed E-state index contributed by atoms with van der Waals surface area (Å²) in [4.78, 5) is 4.56. The second-order valence-electron chi connectivity index (χ2n) is 5.83. The first-order valence-corrected chi connectivity index (χ1v) is 8.55. The monoisotopic (exact) mass is 348 g/mol. The quantitative estimate of drug-likeness (QED) is 0.701. The van der Waals surface area contributed by atoms with Crippen LogP contribution in [0.5, 0.6) is 0 Å². The lowest BCUT2D eigenvalue weighted by Crippen LogP contribution is -2.13. The maximum absolute atomic E-state index is 13.9. The van der Waals surface area contributed by atoms with Crippen LogP contribution in [0.1, 0.15) is 36.0 Å². The summed E-state index contributed by atoms with van der Waals surface area (Å²) in [5.74, 6) is -0.785. The molecule has 24 heavy (non-hydrogen) atoms. The van der Waals surface area contributed by atoms with Crippen molar-refractivity contribution in [1.29, 1.82) is 0 Å². The van der Waals surface area contributed by atoms with Gasteiger partial charge in [-0.05, 0) is 12.1 Å². The van der Waals surface area contributed by atoms with Gasteiger partial charge in [-0.2, -0.15) is 5.10 Å². The van der Waals surface area contributed by atoms with Gasteiger partial charge in [0.2, 0.25) is 0 Å². The second kappa shape index (κ2) is 7.19. The van der Waals surface area contributed by atoms with Gasteiger partial charge in [-0.25, -0.2) is 13.8 Å². The molecule has 0 bridgehead atoms. The number of thiazole rings is 1. The predicted molar refractivity (Wildman–Crippen MR) is 90.7 cm³/mol. The number of halogens is 2. The van der Waals surface area contributed by atoms with Crippen LogP contribution in [0, 0.1) is 11.6 Å². The molecule has 0 saturated carbocycles. The van der Waals surface area contributed by atoms with E-state index in [1.807, 2.05) is 5.38 Å². The Morgan fingerprint density at radius 3 is 2.79 bits per heavy atom. The van der Waals surface area contributed by atoms with E-state index < -0.39 is 11.6 Å². The molecule has 3 rings (SSSR count). The van der Waals surface area contributed by atoms with Gasteiger partial charge in [0.05, 0.1) is 22.6 Å². The predicted octanol–water partition coefficient (Wildman–Crippen LogP) is 4.22. The van der Waals surface area contributed by atoms with Gasteiger partial charge in [-0.1, -0.05) is 13.8 Å². The summed E-state index contributed by atoms with van der Waals surface area (Å²) < 4.78 is 27.0. The molecule has 3 aromatic rings. The molecule has 0 amide bonds. The van der Waals surface area contributed by atoms with Gasteiger partial charge in [0.1, 0.15) is 11.6 Å². The van der Waals surface area contributed by atoms with Crippen molar-refractivity contribution >= 4 is 11.3 Å². The summed E-state index contributed by atoms with van der Waals surface area (Å²) in [7, 11) is 0. The van der Waals surface area contributed by atoms with E-state index in [0.717, 1.165) is 22.3 Å². The van der Waals surface area contributed by atoms with E-state index in [1.54, 1.807) is 17.5 Å². The van der Waals surface area contributed by atoms with Gasteiger partial charge in [0, 0.05) is 41.6 Å². The van der Waals surface area contributed by atoms with Crippen molar-refractivity contribution in [2.45, 2.75) is 32.9 Å². The van der Waals surface area contributed by atoms with E-state index in [0.29, 0.717) is 30.3 Å². The third kappa shape index (κ3) is 3.68. The number of benzene rings is 1. The molecule has 126 valence electrons. The molecule has 0 radical (unpaired) electrons. The average Bonchev–Trinajstić information content (AvgIpc) is 3.17. The van der Waals surface area contributed by atoms with Crippen LogP contribution in [0.4, 0.5) is 8.78 Å². The van der Waals surface area contributed by atoms with E-state index in [9.17, 15) is 8.78 Å². The van der Waals surface area contributed by atoms with Crippen molar-refractivity contribution in [3.05, 3.63) is 57.7 Å². The van der Waals surface area contributed by atoms with Crippen LogP contribution in [0.2, 0.25) is 0 Å². The first-order valence-electron chi connectivity index (χ1n) is 7.67. The fourth-order valence-electron chi connectivity index (χ4n) is 2.36. The number of hydrogen-bond acceptors (Lipinski definition) is 4. The molecule has 4 nitrogen and oxygen atoms in total. The molecule has 7 heteroatoms. The summed E-state index contributed by atoms with van der Waals surface area (Å²) in [6.07, 6.45) is 1.64. The Kier molecular flexibility index (Phi) is 5.01. The van der Waals surface area contributed by atoms with Crippen LogP contribution < -0.4 is 5.32 Å². The summed E-state index contributed by atoms with van der Waals surface area (Å²) in [5, 5.41) is 13.2. The fourth-order valence-corrected chi connectivity index (χ4v) is 3.20. The second-order valence-corrected chi connectivity index (χ2v) is 6.72. The molecule has 0 saturated heterocycles. The maximum atomic E-state index is 13.9. The van der Waals surface area contributed by atoms with Crippen molar-refractivity contribution < 1.29 is 8.78 Å². The Hall–Kier alpha value is -2.12. The number of H-pyrrole nitrogens is 1. The van der Waals surface area contributed by atoms with Gasteiger partial charge < -0.3 is 5.32 Å². The highest BCUT2D eigenvalue weighted by molar-refractivity contribution is 7.09. The largest absolute Gasteiger partial charge is 0.307 e. The third-order valence-electron chi connectivity index (χ3n) is 3.60. The highest BCUT2D eigenvalue weighted by Gasteiger charge is 2.13. The van der Waals surface area contributed by atoms with Gasteiger partial charge in [0.25, 0.3) is 0 Å². The van der Waals surface area contributed by atoms with Crippen LogP contribution in [0.3, 0.4) is 0 Å². The minimum atomic E-state index is -0.610. The van der Waals surface area contributed by atoms with E-state index in [-0.39, 0.29) is 0 Å². The van der Waals surface area contributed by atoms with E-state index >= 15 is 0 Å². The summed E-state index contributed by atoms with van der Waals surface area (Å²) >= 11 is 1.65. The molecule has 0 fully saturated rings. The lowest BCUT2D eigenvalue weighted by molar-refractivity contribution is 0.585. The van der Waals surface area contributed by atoms with Gasteiger partial charge >= 0.3 is 0 Å². The zero-order chi connectivity index (χ0) is 17.1. The first-order chi connectivity index (χ1) is 11.5. The Morgan fingerprint density at radius 1 is 1.25 bits per heavy atom. The zero-order valence-electron chi connectivity index (χ0n) is 13.4. The molecule has 0 atom stereocenters. The summed E-state index contributed by atoms with van der Waals surface area (Å²) in [6.45, 7) is 5.37. The number of nitrogens with one attached hydrogen (secondary N) is 2. The minimum Gasteiger partial charge on any atom is -0.307 e. The fraction of sp³-hybridized carbons (Fsp3) is 0.294. The van der Waals surface area contributed by atoms with Crippen molar-refractivity contribution in [3.8, 4) is 11.3 Å². The molecule has 0 aliphatic heterocycles. The van der Waals surface area contributed by atoms with E-state index in [4.69, 9.17) is 0 Å². The molecule has 0 aliphatic rings. The van der Waals surface area contributed by atoms with Crippen LogP contribution >= 0.6 is 11.3 Å². The normalized spacial score (nSPS) is 11.4. The van der Waals surface area contributed by atoms with Crippen LogP contribution in [0.25, 0.3) is 11.3 Å². The maximum Gasteiger partial charge on any atom is 0.135 e. The minimum absolute atomic E-state index is 0.307. The zero-order valence-corrected chi connectivity index (χ0v) is 14.3.